The summed E-state index contributed by atoms with van der Waals surface area (Å²) in [6.45, 7) is 5.85. The number of ether oxygens (including phenoxy) is 5. The van der Waals surface area contributed by atoms with Crippen LogP contribution >= 0.6 is 0 Å². The van der Waals surface area contributed by atoms with Crippen LogP contribution in [0.1, 0.15) is 19.8 Å². The number of carbonyl (C=O) groups is 1. The summed E-state index contributed by atoms with van der Waals surface area (Å²) in [4.78, 5) is 15.1. The molecule has 0 bridgehead atoms. The highest BCUT2D eigenvalue weighted by Crippen LogP contribution is 2.37. The van der Waals surface area contributed by atoms with Crippen LogP contribution in [-0.2, 0) is 14.3 Å². The first-order valence-electron chi connectivity index (χ1n) is 9.03. The molecule has 7 heteroatoms. The number of hydrogen-bond donors (Lipinski definition) is 0. The average molecular weight is 367 g/mol. The lowest BCUT2D eigenvalue weighted by Gasteiger charge is -2.28. The van der Waals surface area contributed by atoms with Crippen molar-refractivity contribution in [1.29, 1.82) is 0 Å². The Morgan fingerprint density at radius 1 is 1.19 bits per heavy atom. The Labute approximate surface area is 155 Å². The molecule has 26 heavy (non-hydrogen) atoms. The zero-order valence-corrected chi connectivity index (χ0v) is 15.9. The third-order valence-corrected chi connectivity index (χ3v) is 4.29. The van der Waals surface area contributed by atoms with Crippen LogP contribution in [0.15, 0.2) is 18.2 Å². The molecule has 0 N–H and O–H groups in total. The highest BCUT2D eigenvalue weighted by molar-refractivity contribution is 5.79. The molecular formula is C19H29NO6. The van der Waals surface area contributed by atoms with Crippen LogP contribution in [0, 0.1) is 0 Å². The maximum Gasteiger partial charge on any atom is 0.329 e. The van der Waals surface area contributed by atoms with Crippen LogP contribution in [0.2, 0.25) is 0 Å². The maximum absolute atomic E-state index is 13.0. The van der Waals surface area contributed by atoms with Crippen LogP contribution in [0.5, 0.6) is 17.2 Å². The molecule has 2 rings (SSSR count). The predicted molar refractivity (Wildman–Crippen MR) is 97.1 cm³/mol. The largest absolute Gasteiger partial charge is 0.493 e. The minimum Gasteiger partial charge on any atom is -0.493 e. The summed E-state index contributed by atoms with van der Waals surface area (Å²) in [6, 6.07) is 4.85. The van der Waals surface area contributed by atoms with Crippen LogP contribution in [0.3, 0.4) is 0 Å². The fraction of sp³-hybridized carbons (Fsp3) is 0.632. The fourth-order valence-corrected chi connectivity index (χ4v) is 2.95. The summed E-state index contributed by atoms with van der Waals surface area (Å²) in [7, 11) is 3.07. The molecule has 7 nitrogen and oxygen atoms in total. The molecule has 1 aliphatic heterocycles. The third-order valence-electron chi connectivity index (χ3n) is 4.29. The van der Waals surface area contributed by atoms with Crippen molar-refractivity contribution in [3.05, 3.63) is 18.2 Å². The van der Waals surface area contributed by atoms with E-state index in [0.29, 0.717) is 56.6 Å². The van der Waals surface area contributed by atoms with E-state index in [4.69, 9.17) is 23.7 Å². The van der Waals surface area contributed by atoms with Gasteiger partial charge in [0.2, 0.25) is 5.75 Å². The van der Waals surface area contributed by atoms with Gasteiger partial charge in [0.05, 0.1) is 20.8 Å². The van der Waals surface area contributed by atoms with Gasteiger partial charge < -0.3 is 23.7 Å². The standard InChI is InChI=1S/C19H29NO6/c1-4-24-13-9-15(20-10-6-12-25-14-11-20)19(21)26-18-16(22-2)7-5-8-17(18)23-3/h5,7-8,15H,4,6,9-14H2,1-3H3. The Morgan fingerprint density at radius 2 is 1.92 bits per heavy atom. The zero-order chi connectivity index (χ0) is 18.8. The van der Waals surface area contributed by atoms with Crippen molar-refractivity contribution in [2.75, 3.05) is 53.7 Å². The summed E-state index contributed by atoms with van der Waals surface area (Å²) < 4.78 is 27.3. The molecule has 1 heterocycles. The topological polar surface area (TPSA) is 66.5 Å². The molecule has 1 aromatic rings. The molecule has 1 unspecified atom stereocenters. The van der Waals surface area contributed by atoms with Gasteiger partial charge in [-0.2, -0.15) is 0 Å². The molecule has 146 valence electrons. The van der Waals surface area contributed by atoms with E-state index in [0.717, 1.165) is 13.0 Å². The average Bonchev–Trinajstić information content (AvgIpc) is 2.94. The van der Waals surface area contributed by atoms with E-state index in [1.807, 2.05) is 6.92 Å². The number of methoxy groups -OCH3 is 2. The highest BCUT2D eigenvalue weighted by atomic mass is 16.6. The van der Waals surface area contributed by atoms with Gasteiger partial charge in [0.15, 0.2) is 11.5 Å². The van der Waals surface area contributed by atoms with E-state index in [-0.39, 0.29) is 5.97 Å². The quantitative estimate of drug-likeness (QED) is 0.376. The second-order valence-electron chi connectivity index (χ2n) is 5.92. The number of nitrogens with zero attached hydrogens (tertiary/aromatic N) is 1. The van der Waals surface area contributed by atoms with Crippen LogP contribution in [0.25, 0.3) is 0 Å². The van der Waals surface area contributed by atoms with Crippen molar-refractivity contribution in [2.24, 2.45) is 0 Å². The molecule has 1 aromatic carbocycles. The van der Waals surface area contributed by atoms with E-state index in [1.54, 1.807) is 18.2 Å². The number of rotatable bonds is 9. The van der Waals surface area contributed by atoms with Crippen molar-refractivity contribution in [2.45, 2.75) is 25.8 Å². The molecule has 0 saturated carbocycles. The van der Waals surface area contributed by atoms with Gasteiger partial charge >= 0.3 is 5.97 Å². The van der Waals surface area contributed by atoms with Gasteiger partial charge in [0, 0.05) is 32.9 Å². The van der Waals surface area contributed by atoms with Crippen LogP contribution < -0.4 is 14.2 Å². The number of hydrogen-bond acceptors (Lipinski definition) is 7. The first kappa shape index (κ1) is 20.5. The highest BCUT2D eigenvalue weighted by Gasteiger charge is 2.30. The van der Waals surface area contributed by atoms with Gasteiger partial charge in [0.1, 0.15) is 6.04 Å². The third kappa shape index (κ3) is 5.59. The maximum atomic E-state index is 13.0. The zero-order valence-electron chi connectivity index (χ0n) is 15.9. The Balaban J connectivity index is 2.17. The van der Waals surface area contributed by atoms with Crippen molar-refractivity contribution in [1.82, 2.24) is 4.90 Å². The van der Waals surface area contributed by atoms with E-state index < -0.39 is 6.04 Å². The van der Waals surface area contributed by atoms with Gasteiger partial charge in [-0.3, -0.25) is 4.90 Å². The molecule has 1 saturated heterocycles. The van der Waals surface area contributed by atoms with Gasteiger partial charge in [-0.1, -0.05) is 6.07 Å². The number of esters is 1. The molecule has 0 spiro atoms. The molecule has 1 atom stereocenters. The van der Waals surface area contributed by atoms with Crippen molar-refractivity contribution in [3.8, 4) is 17.2 Å². The second kappa shape index (κ2) is 11.0. The molecular weight excluding hydrogens is 338 g/mol. The van der Waals surface area contributed by atoms with Gasteiger partial charge in [-0.15, -0.1) is 0 Å². The molecule has 0 amide bonds. The first-order valence-corrected chi connectivity index (χ1v) is 9.03. The predicted octanol–water partition coefficient (Wildman–Crippen LogP) is 2.13. The van der Waals surface area contributed by atoms with E-state index >= 15 is 0 Å². The van der Waals surface area contributed by atoms with Crippen molar-refractivity contribution in [3.63, 3.8) is 0 Å². The van der Waals surface area contributed by atoms with E-state index in [1.165, 1.54) is 14.2 Å². The van der Waals surface area contributed by atoms with Crippen LogP contribution in [-0.4, -0.2) is 70.6 Å². The summed E-state index contributed by atoms with van der Waals surface area (Å²) in [5.41, 5.74) is 0. The first-order chi connectivity index (χ1) is 12.7. The lowest BCUT2D eigenvalue weighted by atomic mass is 10.1. The lowest BCUT2D eigenvalue weighted by molar-refractivity contribution is -0.141. The Kier molecular flexibility index (Phi) is 8.67. The Morgan fingerprint density at radius 3 is 2.58 bits per heavy atom. The lowest BCUT2D eigenvalue weighted by Crippen LogP contribution is -2.45. The number of para-hydroxylation sites is 1. The minimum atomic E-state index is -0.405. The monoisotopic (exact) mass is 367 g/mol. The van der Waals surface area contributed by atoms with E-state index in [2.05, 4.69) is 4.90 Å². The normalized spacial score (nSPS) is 16.6. The number of carbonyl (C=O) groups excluding carboxylic acids is 1. The van der Waals surface area contributed by atoms with E-state index in [9.17, 15) is 4.79 Å². The molecule has 0 radical (unpaired) electrons. The molecule has 0 aliphatic carbocycles. The summed E-state index contributed by atoms with van der Waals surface area (Å²) in [5, 5.41) is 0. The SMILES string of the molecule is CCOCCC(C(=O)Oc1c(OC)cccc1OC)N1CCCOCC1. The van der Waals surface area contributed by atoms with Crippen molar-refractivity contribution < 1.29 is 28.5 Å². The summed E-state index contributed by atoms with van der Waals surface area (Å²) in [6.07, 6.45) is 1.44. The minimum absolute atomic E-state index is 0.301. The van der Waals surface area contributed by atoms with Crippen LogP contribution in [0.4, 0.5) is 0 Å². The summed E-state index contributed by atoms with van der Waals surface area (Å²) in [5.74, 6) is 0.880. The smallest absolute Gasteiger partial charge is 0.329 e. The fourth-order valence-electron chi connectivity index (χ4n) is 2.95. The van der Waals surface area contributed by atoms with Crippen molar-refractivity contribution >= 4 is 5.97 Å². The van der Waals surface area contributed by atoms with Gasteiger partial charge in [0.25, 0.3) is 0 Å². The summed E-state index contributed by atoms with van der Waals surface area (Å²) >= 11 is 0. The Hall–Kier alpha value is -1.83. The second-order valence-corrected chi connectivity index (χ2v) is 5.92. The molecule has 1 fully saturated rings. The van der Waals surface area contributed by atoms with Gasteiger partial charge in [-0.25, -0.2) is 4.79 Å². The molecule has 1 aliphatic rings. The molecule has 0 aromatic heterocycles. The van der Waals surface area contributed by atoms with Gasteiger partial charge in [-0.05, 0) is 31.9 Å². The Bertz CT molecular complexity index is 535. The number of benzene rings is 1.